The van der Waals surface area contributed by atoms with Crippen molar-refractivity contribution in [2.24, 2.45) is 5.92 Å². The summed E-state index contributed by atoms with van der Waals surface area (Å²) in [6, 6.07) is 22.1. The minimum atomic E-state index is -0.735. The zero-order valence-corrected chi connectivity index (χ0v) is 21.2. The van der Waals surface area contributed by atoms with Crippen molar-refractivity contribution in [1.82, 2.24) is 10.2 Å². The maximum absolute atomic E-state index is 13.6. The molecular weight excluding hydrogens is 467 g/mol. The molecule has 2 aliphatic rings. The van der Waals surface area contributed by atoms with Crippen LogP contribution in [0.1, 0.15) is 60.9 Å². The quantitative estimate of drug-likeness (QED) is 0.461. The number of nitrogens with zero attached hydrogens (tertiary/aromatic N) is 1. The van der Waals surface area contributed by atoms with Crippen molar-refractivity contribution in [1.29, 1.82) is 0 Å². The molecule has 3 aromatic rings. The Bertz CT molecular complexity index is 1260. The molecule has 2 unspecified atom stereocenters. The summed E-state index contributed by atoms with van der Waals surface area (Å²) in [4.78, 5) is 28.3. The third kappa shape index (κ3) is 5.68. The first kappa shape index (κ1) is 25.0. The van der Waals surface area contributed by atoms with Crippen LogP contribution in [0.25, 0.3) is 0 Å². The predicted molar refractivity (Wildman–Crippen MR) is 140 cm³/mol. The van der Waals surface area contributed by atoms with E-state index in [-0.39, 0.29) is 36.1 Å². The number of fused-ring (bicyclic) bond motifs is 1. The smallest absolute Gasteiger partial charge is 0.261 e. The number of ether oxygens (including phenoxy) is 1. The summed E-state index contributed by atoms with van der Waals surface area (Å²) in [5, 5.41) is 2.81. The number of hydrogen-bond donors (Lipinski definition) is 1. The van der Waals surface area contributed by atoms with Gasteiger partial charge in [0.15, 0.2) is 6.10 Å². The molecule has 0 saturated heterocycles. The summed E-state index contributed by atoms with van der Waals surface area (Å²) in [6.45, 7) is 2.62. The highest BCUT2D eigenvalue weighted by atomic mass is 19.1. The molecule has 6 heteroatoms. The normalized spacial score (nSPS) is 18.2. The van der Waals surface area contributed by atoms with Crippen molar-refractivity contribution in [3.63, 3.8) is 0 Å². The van der Waals surface area contributed by atoms with Crippen molar-refractivity contribution in [3.8, 4) is 5.75 Å². The largest absolute Gasteiger partial charge is 0.481 e. The van der Waals surface area contributed by atoms with E-state index in [1.165, 1.54) is 17.7 Å². The molecule has 3 aromatic carbocycles. The fourth-order valence-corrected chi connectivity index (χ4v) is 5.54. The van der Waals surface area contributed by atoms with E-state index in [1.54, 1.807) is 19.1 Å². The second kappa shape index (κ2) is 11.2. The van der Waals surface area contributed by atoms with Gasteiger partial charge in [0.2, 0.25) is 5.91 Å². The Morgan fingerprint density at radius 3 is 2.57 bits per heavy atom. The van der Waals surface area contributed by atoms with Crippen LogP contribution in [0.5, 0.6) is 5.75 Å². The number of benzene rings is 3. The molecule has 192 valence electrons. The van der Waals surface area contributed by atoms with E-state index >= 15 is 0 Å². The molecule has 0 spiro atoms. The Hall–Kier alpha value is -3.67. The SMILES string of the molecule is CC(Oc1ccc2c(c1)C(c1ccccc1)N(C(=O)C1CCCC1)CC2)C(=O)NCc1cccc(F)c1. The van der Waals surface area contributed by atoms with Gasteiger partial charge in [-0.25, -0.2) is 4.39 Å². The van der Waals surface area contributed by atoms with Crippen LogP contribution in [0.2, 0.25) is 0 Å². The third-order valence-corrected chi connectivity index (χ3v) is 7.49. The average molecular weight is 501 g/mol. The zero-order valence-electron chi connectivity index (χ0n) is 21.2. The molecule has 1 aliphatic heterocycles. The summed E-state index contributed by atoms with van der Waals surface area (Å²) in [7, 11) is 0. The van der Waals surface area contributed by atoms with Crippen molar-refractivity contribution in [2.75, 3.05) is 6.54 Å². The van der Waals surface area contributed by atoms with Crippen LogP contribution < -0.4 is 10.1 Å². The van der Waals surface area contributed by atoms with Crippen LogP contribution in [-0.2, 0) is 22.6 Å². The fourth-order valence-electron chi connectivity index (χ4n) is 5.54. The average Bonchev–Trinajstić information content (AvgIpc) is 3.46. The molecule has 1 N–H and O–H groups in total. The number of carbonyl (C=O) groups excluding carboxylic acids is 2. The molecule has 1 aliphatic carbocycles. The highest BCUT2D eigenvalue weighted by Crippen LogP contribution is 2.39. The van der Waals surface area contributed by atoms with Crippen LogP contribution in [0.15, 0.2) is 72.8 Å². The van der Waals surface area contributed by atoms with Crippen molar-refractivity contribution in [2.45, 2.75) is 57.7 Å². The maximum Gasteiger partial charge on any atom is 0.261 e. The first-order valence-corrected chi connectivity index (χ1v) is 13.2. The number of halogens is 1. The number of nitrogens with one attached hydrogen (secondary N) is 1. The van der Waals surface area contributed by atoms with Crippen LogP contribution in [0.3, 0.4) is 0 Å². The summed E-state index contributed by atoms with van der Waals surface area (Å²) in [5.41, 5.74) is 4.01. The first-order chi connectivity index (χ1) is 18.0. The van der Waals surface area contributed by atoms with Gasteiger partial charge in [-0.1, -0.05) is 61.4 Å². The molecule has 1 heterocycles. The van der Waals surface area contributed by atoms with E-state index in [2.05, 4.69) is 23.5 Å². The van der Waals surface area contributed by atoms with Crippen molar-refractivity contribution in [3.05, 3.63) is 101 Å². The lowest BCUT2D eigenvalue weighted by molar-refractivity contribution is -0.137. The predicted octanol–water partition coefficient (Wildman–Crippen LogP) is 5.57. The Balaban J connectivity index is 1.35. The fraction of sp³-hybridized carbons (Fsp3) is 0.355. The van der Waals surface area contributed by atoms with Gasteiger partial charge in [0, 0.05) is 19.0 Å². The zero-order chi connectivity index (χ0) is 25.8. The monoisotopic (exact) mass is 500 g/mol. The van der Waals surface area contributed by atoms with Gasteiger partial charge in [-0.2, -0.15) is 0 Å². The molecule has 0 aromatic heterocycles. The van der Waals surface area contributed by atoms with E-state index in [4.69, 9.17) is 4.74 Å². The number of amides is 2. The molecular formula is C31H33FN2O3. The van der Waals surface area contributed by atoms with E-state index in [0.29, 0.717) is 17.9 Å². The van der Waals surface area contributed by atoms with Crippen LogP contribution in [0, 0.1) is 11.7 Å². The van der Waals surface area contributed by atoms with Crippen LogP contribution in [-0.4, -0.2) is 29.4 Å². The Morgan fingerprint density at radius 2 is 1.81 bits per heavy atom. The molecule has 5 rings (SSSR count). The summed E-state index contributed by atoms with van der Waals surface area (Å²) in [5.74, 6) is 0.323. The minimum Gasteiger partial charge on any atom is -0.481 e. The Kier molecular flexibility index (Phi) is 7.54. The van der Waals surface area contributed by atoms with Crippen molar-refractivity contribution < 1.29 is 18.7 Å². The molecule has 2 atom stereocenters. The van der Waals surface area contributed by atoms with Gasteiger partial charge in [-0.05, 0) is 72.7 Å². The van der Waals surface area contributed by atoms with Crippen LogP contribution in [0.4, 0.5) is 4.39 Å². The van der Waals surface area contributed by atoms with Gasteiger partial charge in [-0.15, -0.1) is 0 Å². The molecule has 2 amide bonds. The van der Waals surface area contributed by atoms with Gasteiger partial charge in [0.25, 0.3) is 5.91 Å². The standard InChI is InChI=1S/C31H33FN2O3/c1-21(30(35)33-20-22-8-7-13-26(32)18-22)37-27-15-14-23-16-17-34(31(36)25-11-5-6-12-25)29(28(23)19-27)24-9-3-2-4-10-24/h2-4,7-10,13-15,18-19,21,25,29H,5-6,11-12,16-17,20H2,1H3,(H,33,35). The van der Waals surface area contributed by atoms with E-state index in [9.17, 15) is 14.0 Å². The van der Waals surface area contributed by atoms with Gasteiger partial charge in [0.05, 0.1) is 6.04 Å². The molecule has 0 radical (unpaired) electrons. The number of rotatable bonds is 7. The second-order valence-electron chi connectivity index (χ2n) is 10.0. The summed E-state index contributed by atoms with van der Waals surface area (Å²) < 4.78 is 19.5. The summed E-state index contributed by atoms with van der Waals surface area (Å²) in [6.07, 6.45) is 4.23. The van der Waals surface area contributed by atoms with Crippen molar-refractivity contribution >= 4 is 11.8 Å². The van der Waals surface area contributed by atoms with Gasteiger partial charge in [-0.3, -0.25) is 9.59 Å². The second-order valence-corrected chi connectivity index (χ2v) is 10.0. The Morgan fingerprint density at radius 1 is 1.03 bits per heavy atom. The lowest BCUT2D eigenvalue weighted by Gasteiger charge is -2.39. The van der Waals surface area contributed by atoms with Gasteiger partial charge < -0.3 is 15.0 Å². The molecule has 37 heavy (non-hydrogen) atoms. The molecule has 1 fully saturated rings. The lowest BCUT2D eigenvalue weighted by Crippen LogP contribution is -2.43. The topological polar surface area (TPSA) is 58.6 Å². The third-order valence-electron chi connectivity index (χ3n) is 7.49. The molecule has 1 saturated carbocycles. The first-order valence-electron chi connectivity index (χ1n) is 13.2. The minimum absolute atomic E-state index is 0.106. The Labute approximate surface area is 217 Å². The number of hydrogen-bond acceptors (Lipinski definition) is 3. The van der Waals surface area contributed by atoms with Gasteiger partial charge in [0.1, 0.15) is 11.6 Å². The number of carbonyl (C=O) groups is 2. The van der Waals surface area contributed by atoms with Gasteiger partial charge >= 0.3 is 0 Å². The van der Waals surface area contributed by atoms with E-state index in [0.717, 1.165) is 43.2 Å². The van der Waals surface area contributed by atoms with Crippen LogP contribution >= 0.6 is 0 Å². The molecule has 5 nitrogen and oxygen atoms in total. The van der Waals surface area contributed by atoms with E-state index < -0.39 is 6.10 Å². The van der Waals surface area contributed by atoms with E-state index in [1.807, 2.05) is 35.2 Å². The highest BCUT2D eigenvalue weighted by molar-refractivity contribution is 5.81. The maximum atomic E-state index is 13.6. The molecule has 0 bridgehead atoms. The highest BCUT2D eigenvalue weighted by Gasteiger charge is 2.36. The lowest BCUT2D eigenvalue weighted by atomic mass is 9.87. The summed E-state index contributed by atoms with van der Waals surface area (Å²) >= 11 is 0.